The van der Waals surface area contributed by atoms with Gasteiger partial charge in [-0.2, -0.15) is 0 Å². The lowest BCUT2D eigenvalue weighted by molar-refractivity contribution is -0.596. The zero-order chi connectivity index (χ0) is 24.2. The van der Waals surface area contributed by atoms with Crippen molar-refractivity contribution in [3.8, 4) is 5.75 Å². The van der Waals surface area contributed by atoms with Gasteiger partial charge in [0, 0.05) is 21.7 Å². The first-order valence-electron chi connectivity index (χ1n) is 11.1. The van der Waals surface area contributed by atoms with Crippen molar-refractivity contribution in [2.75, 3.05) is 7.11 Å². The van der Waals surface area contributed by atoms with Crippen LogP contribution in [-0.4, -0.2) is 35.9 Å². The average Bonchev–Trinajstić information content (AvgIpc) is 3.14. The lowest BCUT2D eigenvalue weighted by Crippen LogP contribution is -2.42. The zero-order valence-corrected chi connectivity index (χ0v) is 20.0. The van der Waals surface area contributed by atoms with Crippen molar-refractivity contribution >= 4 is 29.6 Å². The number of ether oxygens (including phenoxy) is 1. The molecule has 1 aliphatic heterocycles. The number of hydrazine groups is 1. The van der Waals surface area contributed by atoms with Gasteiger partial charge < -0.3 is 10.1 Å². The summed E-state index contributed by atoms with van der Waals surface area (Å²) in [6.45, 7) is 4.29. The molecule has 2 N–H and O–H groups in total. The zero-order valence-electron chi connectivity index (χ0n) is 19.3. The van der Waals surface area contributed by atoms with Gasteiger partial charge in [-0.1, -0.05) is 49.7 Å². The van der Waals surface area contributed by atoms with Gasteiger partial charge in [0.1, 0.15) is 5.75 Å². The van der Waals surface area contributed by atoms with E-state index in [2.05, 4.69) is 36.7 Å². The van der Waals surface area contributed by atoms with Gasteiger partial charge in [-0.15, -0.1) is 10.1 Å². The van der Waals surface area contributed by atoms with E-state index in [4.69, 9.17) is 16.3 Å². The van der Waals surface area contributed by atoms with E-state index in [1.807, 2.05) is 30.5 Å². The molecule has 0 spiro atoms. The van der Waals surface area contributed by atoms with Crippen LogP contribution >= 0.6 is 11.6 Å². The maximum Gasteiger partial charge on any atom is 0.304 e. The normalized spacial score (nSPS) is 18.7. The first-order chi connectivity index (χ1) is 16.4. The number of methoxy groups -OCH3 is 1. The molecule has 4 rings (SSSR count). The van der Waals surface area contributed by atoms with Crippen LogP contribution in [0.2, 0.25) is 5.02 Å². The number of hydrogen-bond acceptors (Lipinski definition) is 3. The van der Waals surface area contributed by atoms with Crippen LogP contribution in [0.15, 0.2) is 72.8 Å². The van der Waals surface area contributed by atoms with Crippen molar-refractivity contribution < 1.29 is 19.0 Å². The van der Waals surface area contributed by atoms with Crippen molar-refractivity contribution in [3.05, 3.63) is 100 Å². The quantitative estimate of drug-likeness (QED) is 0.515. The Morgan fingerprint density at radius 2 is 1.68 bits per heavy atom. The van der Waals surface area contributed by atoms with Gasteiger partial charge >= 0.3 is 5.91 Å². The summed E-state index contributed by atoms with van der Waals surface area (Å²) in [4.78, 5) is 26.0. The maximum atomic E-state index is 13.0. The van der Waals surface area contributed by atoms with Crippen LogP contribution in [0, 0.1) is 0 Å². The van der Waals surface area contributed by atoms with E-state index < -0.39 is 12.1 Å². The molecule has 3 aromatic carbocycles. The predicted octanol–water partition coefficient (Wildman–Crippen LogP) is 4.49. The molecule has 3 aromatic rings. The van der Waals surface area contributed by atoms with Crippen molar-refractivity contribution in [2.24, 2.45) is 0 Å². The van der Waals surface area contributed by atoms with Crippen LogP contribution < -0.4 is 15.5 Å². The topological polar surface area (TPSA) is 70.4 Å². The van der Waals surface area contributed by atoms with Crippen molar-refractivity contribution in [2.45, 2.75) is 31.8 Å². The molecule has 0 radical (unpaired) electrons. The van der Waals surface area contributed by atoms with Crippen LogP contribution in [0.1, 0.15) is 52.9 Å². The monoisotopic (exact) mass is 476 g/mol. The summed E-state index contributed by atoms with van der Waals surface area (Å²) in [7, 11) is 1.57. The van der Waals surface area contributed by atoms with Crippen LogP contribution in [-0.2, 0) is 4.79 Å². The van der Waals surface area contributed by atoms with Gasteiger partial charge in [-0.25, -0.2) is 0 Å². The van der Waals surface area contributed by atoms with Gasteiger partial charge in [0.05, 0.1) is 7.11 Å². The summed E-state index contributed by atoms with van der Waals surface area (Å²) in [5.74, 6) is 0.445. The number of benzene rings is 3. The maximum absolute atomic E-state index is 13.0. The first kappa shape index (κ1) is 23.5. The smallest absolute Gasteiger partial charge is 0.304 e. The summed E-state index contributed by atoms with van der Waals surface area (Å²) >= 11 is 6.09. The van der Waals surface area contributed by atoms with Gasteiger partial charge in [-0.3, -0.25) is 9.59 Å². The Kier molecular flexibility index (Phi) is 6.98. The molecule has 1 aliphatic rings. The fraction of sp³-hybridized carbons (Fsp3) is 0.222. The van der Waals surface area contributed by atoms with Gasteiger partial charge in [0.2, 0.25) is 12.3 Å². The van der Waals surface area contributed by atoms with Gasteiger partial charge in [0.25, 0.3) is 5.91 Å². The first-order valence-corrected chi connectivity index (χ1v) is 11.5. The highest BCUT2D eigenvalue weighted by molar-refractivity contribution is 6.30. The molecule has 2 amide bonds. The fourth-order valence-corrected chi connectivity index (χ4v) is 4.06. The number of nitrogens with zero attached hydrogens (tertiary/aromatic N) is 1. The highest BCUT2D eigenvalue weighted by Gasteiger charge is 2.47. The Hall–Kier alpha value is -3.64. The van der Waals surface area contributed by atoms with E-state index in [-0.39, 0.29) is 11.8 Å². The van der Waals surface area contributed by atoms with Crippen molar-refractivity contribution in [1.82, 2.24) is 10.7 Å². The second-order valence-corrected chi connectivity index (χ2v) is 8.95. The Morgan fingerprint density at radius 1 is 1.03 bits per heavy atom. The molecule has 1 fully saturated rings. The number of nitrogens with one attached hydrogen (secondary N) is 2. The molecule has 2 atom stereocenters. The molecular formula is C27H27ClN3O3+. The Labute approximate surface area is 204 Å². The van der Waals surface area contributed by atoms with Crippen molar-refractivity contribution in [3.63, 3.8) is 0 Å². The lowest BCUT2D eigenvalue weighted by Gasteiger charge is -2.15. The van der Waals surface area contributed by atoms with Gasteiger partial charge in [-0.05, 0) is 60.0 Å². The molecule has 0 aromatic heterocycles. The van der Waals surface area contributed by atoms with E-state index in [0.29, 0.717) is 22.3 Å². The molecule has 1 heterocycles. The molecule has 6 nitrogen and oxygen atoms in total. The lowest BCUT2D eigenvalue weighted by atomic mass is 9.99. The second-order valence-electron chi connectivity index (χ2n) is 8.51. The predicted molar refractivity (Wildman–Crippen MR) is 133 cm³/mol. The summed E-state index contributed by atoms with van der Waals surface area (Å²) < 4.78 is 6.90. The van der Waals surface area contributed by atoms with Gasteiger partial charge in [0.15, 0.2) is 6.04 Å². The van der Waals surface area contributed by atoms with E-state index >= 15 is 0 Å². The molecule has 0 unspecified atom stereocenters. The molecule has 7 heteroatoms. The Balaban J connectivity index is 1.66. The molecule has 0 bridgehead atoms. The minimum Gasteiger partial charge on any atom is -0.497 e. The van der Waals surface area contributed by atoms with E-state index in [1.165, 1.54) is 5.56 Å². The van der Waals surface area contributed by atoms with Crippen LogP contribution in [0.4, 0.5) is 0 Å². The highest BCUT2D eigenvalue weighted by Crippen LogP contribution is 2.27. The summed E-state index contributed by atoms with van der Waals surface area (Å²) in [5.41, 5.74) is 6.36. The molecule has 0 saturated carbocycles. The highest BCUT2D eigenvalue weighted by atomic mass is 35.5. The van der Waals surface area contributed by atoms with Crippen LogP contribution in [0.5, 0.6) is 5.75 Å². The second kappa shape index (κ2) is 10.1. The number of amides is 2. The molecule has 1 saturated heterocycles. The Bertz CT molecular complexity index is 1200. The van der Waals surface area contributed by atoms with Crippen LogP contribution in [0.25, 0.3) is 0 Å². The SMILES string of the molecule is COc1ccc(C(=O)N[C@@H]2C(=O)N/[N+](=C\c3ccc(C(C)C)cc3)[C@H]2c2ccc(Cl)cc2)cc1. The molecule has 34 heavy (non-hydrogen) atoms. The number of rotatable bonds is 6. The minimum absolute atomic E-state index is 0.295. The standard InChI is InChI=1S/C27H26ClN3O3/c1-17(2)19-6-4-18(5-7-19)16-31-25(20-8-12-22(28)13-9-20)24(27(33)30-31)29-26(32)21-10-14-23(34-3)15-11-21/h4-17,24-25H,1-3H3,(H-,29,30,32,33)/p+1/b31-16-/t24-,25-/m0/s1. The summed E-state index contributed by atoms with van der Waals surface area (Å²) in [6.07, 6.45) is 1.88. The third-order valence-electron chi connectivity index (χ3n) is 5.88. The van der Waals surface area contributed by atoms with Crippen molar-refractivity contribution in [1.29, 1.82) is 0 Å². The summed E-state index contributed by atoms with van der Waals surface area (Å²) in [5, 5.41) is 3.50. The van der Waals surface area contributed by atoms with E-state index in [1.54, 1.807) is 48.2 Å². The summed E-state index contributed by atoms with van der Waals surface area (Å²) in [6, 6.07) is 21.0. The number of carbonyl (C=O) groups excluding carboxylic acids is 2. The van der Waals surface area contributed by atoms with E-state index in [9.17, 15) is 9.59 Å². The van der Waals surface area contributed by atoms with Crippen LogP contribution in [0.3, 0.4) is 0 Å². The molecular weight excluding hydrogens is 450 g/mol. The largest absolute Gasteiger partial charge is 0.497 e. The molecule has 0 aliphatic carbocycles. The third-order valence-corrected chi connectivity index (χ3v) is 6.13. The van der Waals surface area contributed by atoms with E-state index in [0.717, 1.165) is 11.1 Å². The average molecular weight is 477 g/mol. The fourth-order valence-electron chi connectivity index (χ4n) is 3.93. The minimum atomic E-state index is -0.804. The number of hydrazone groups is 1. The number of carbonyl (C=O) groups is 2. The number of hydrogen-bond donors (Lipinski definition) is 2. The molecule has 174 valence electrons. The Morgan fingerprint density at radius 3 is 2.26 bits per heavy atom. The third kappa shape index (κ3) is 5.13. The number of halogens is 1.